The average molecular weight is 167 g/mol. The van der Waals surface area contributed by atoms with Gasteiger partial charge in [-0.15, -0.1) is 0 Å². The minimum Gasteiger partial charge on any atom is -0.211 e. The lowest BCUT2D eigenvalue weighted by Crippen LogP contribution is -1.67. The predicted octanol–water partition coefficient (Wildman–Crippen LogP) is 2.08. The van der Waals surface area contributed by atoms with Crippen molar-refractivity contribution < 1.29 is 4.79 Å². The van der Waals surface area contributed by atoms with Gasteiger partial charge >= 0.3 is 0 Å². The number of isocyanates is 1. The van der Waals surface area contributed by atoms with Crippen LogP contribution in [0.3, 0.4) is 0 Å². The van der Waals surface area contributed by atoms with Crippen LogP contribution in [0, 0.1) is 6.92 Å². The van der Waals surface area contributed by atoms with Crippen LogP contribution in [0.15, 0.2) is 29.3 Å². The van der Waals surface area contributed by atoms with Crippen LogP contribution in [0.4, 0.5) is 5.69 Å². The number of aliphatic imine (C=N–C) groups is 1. The van der Waals surface area contributed by atoms with E-state index in [-0.39, 0.29) is 13.5 Å². The van der Waals surface area contributed by atoms with E-state index < -0.39 is 0 Å². The fraction of sp³-hybridized carbons (Fsp3) is 0.125. The Morgan fingerprint density at radius 1 is 1.27 bits per heavy atom. The second kappa shape index (κ2) is 4.72. The molecule has 0 radical (unpaired) electrons. The molecule has 58 valence electrons. The minimum atomic E-state index is 0. The summed E-state index contributed by atoms with van der Waals surface area (Å²) < 4.78 is 0. The molecule has 0 saturated heterocycles. The minimum absolute atomic E-state index is 0. The van der Waals surface area contributed by atoms with E-state index in [0.29, 0.717) is 5.69 Å². The van der Waals surface area contributed by atoms with Gasteiger partial charge < -0.3 is 0 Å². The fourth-order valence-electron chi connectivity index (χ4n) is 0.672. The number of rotatable bonds is 1. The van der Waals surface area contributed by atoms with Gasteiger partial charge in [-0.2, -0.15) is 18.5 Å². The molecule has 0 aliphatic rings. The topological polar surface area (TPSA) is 29.4 Å². The van der Waals surface area contributed by atoms with Crippen LogP contribution in [0.5, 0.6) is 0 Å². The molecule has 0 aromatic heterocycles. The summed E-state index contributed by atoms with van der Waals surface area (Å²) in [5.41, 5.74) is 1.81. The molecular formula is C8H9NOS. The van der Waals surface area contributed by atoms with Gasteiger partial charge in [0.1, 0.15) is 0 Å². The number of hydrogen-bond acceptors (Lipinski definition) is 2. The first-order valence-corrected chi connectivity index (χ1v) is 2.97. The quantitative estimate of drug-likeness (QED) is 0.465. The lowest BCUT2D eigenvalue weighted by Gasteiger charge is -1.89. The molecule has 0 bridgehead atoms. The third kappa shape index (κ3) is 3.03. The van der Waals surface area contributed by atoms with E-state index in [4.69, 9.17) is 0 Å². The molecule has 0 aliphatic carbocycles. The molecule has 11 heavy (non-hydrogen) atoms. The fourth-order valence-corrected chi connectivity index (χ4v) is 0.672. The molecule has 0 amide bonds. The Morgan fingerprint density at radius 2 is 1.82 bits per heavy atom. The van der Waals surface area contributed by atoms with E-state index in [9.17, 15) is 4.79 Å². The van der Waals surface area contributed by atoms with Crippen molar-refractivity contribution in [3.05, 3.63) is 29.8 Å². The Kier molecular flexibility index (Phi) is 4.27. The first kappa shape index (κ1) is 9.95. The summed E-state index contributed by atoms with van der Waals surface area (Å²) in [4.78, 5) is 13.2. The molecule has 0 saturated carbocycles. The smallest absolute Gasteiger partial charge is 0.211 e. The van der Waals surface area contributed by atoms with E-state index >= 15 is 0 Å². The van der Waals surface area contributed by atoms with Crippen LogP contribution in [-0.2, 0) is 4.79 Å². The highest BCUT2D eigenvalue weighted by molar-refractivity contribution is 7.59. The van der Waals surface area contributed by atoms with Gasteiger partial charge in [0, 0.05) is 0 Å². The number of benzene rings is 1. The van der Waals surface area contributed by atoms with Crippen LogP contribution >= 0.6 is 13.5 Å². The Morgan fingerprint density at radius 3 is 2.27 bits per heavy atom. The highest BCUT2D eigenvalue weighted by Crippen LogP contribution is 2.10. The monoisotopic (exact) mass is 167 g/mol. The van der Waals surface area contributed by atoms with Gasteiger partial charge in [0.2, 0.25) is 6.08 Å². The highest BCUT2D eigenvalue weighted by Gasteiger charge is 1.85. The van der Waals surface area contributed by atoms with Crippen molar-refractivity contribution in [2.75, 3.05) is 0 Å². The Balaban J connectivity index is 0.000001000. The average Bonchev–Trinajstić information content (AvgIpc) is 1.95. The molecule has 0 heterocycles. The van der Waals surface area contributed by atoms with Gasteiger partial charge in [0.05, 0.1) is 5.69 Å². The van der Waals surface area contributed by atoms with E-state index in [0.717, 1.165) is 5.56 Å². The van der Waals surface area contributed by atoms with Crippen molar-refractivity contribution in [3.63, 3.8) is 0 Å². The standard InChI is InChI=1S/C8H7NO.H2S/c1-7-2-4-8(5-3-7)9-6-10;/h2-5H,1H3;1H2. The molecule has 0 unspecified atom stereocenters. The van der Waals surface area contributed by atoms with Crippen molar-refractivity contribution in [3.8, 4) is 0 Å². The highest BCUT2D eigenvalue weighted by atomic mass is 32.1. The lowest BCUT2D eigenvalue weighted by molar-refractivity contribution is 0.565. The molecule has 0 atom stereocenters. The molecule has 3 heteroatoms. The molecule has 1 aromatic rings. The summed E-state index contributed by atoms with van der Waals surface area (Å²) in [6.45, 7) is 1.98. The summed E-state index contributed by atoms with van der Waals surface area (Å²) >= 11 is 0. The van der Waals surface area contributed by atoms with Gasteiger partial charge in [-0.05, 0) is 19.1 Å². The molecule has 1 aromatic carbocycles. The lowest BCUT2D eigenvalue weighted by atomic mass is 10.2. The largest absolute Gasteiger partial charge is 0.240 e. The molecule has 1 rings (SSSR count). The third-order valence-corrected chi connectivity index (χ3v) is 1.21. The maximum absolute atomic E-state index is 9.77. The summed E-state index contributed by atoms with van der Waals surface area (Å²) in [6.07, 6.45) is 1.48. The van der Waals surface area contributed by atoms with E-state index in [1.54, 1.807) is 12.1 Å². The van der Waals surface area contributed by atoms with Crippen molar-refractivity contribution in [1.82, 2.24) is 0 Å². The van der Waals surface area contributed by atoms with Gasteiger partial charge in [0.25, 0.3) is 0 Å². The Labute approximate surface area is 72.4 Å². The van der Waals surface area contributed by atoms with Crippen molar-refractivity contribution in [2.24, 2.45) is 4.99 Å². The SMILES string of the molecule is Cc1ccc(N=C=O)cc1.S. The Hall–Kier alpha value is -1.05. The van der Waals surface area contributed by atoms with Crippen molar-refractivity contribution in [2.45, 2.75) is 6.92 Å². The van der Waals surface area contributed by atoms with E-state index in [2.05, 4.69) is 4.99 Å². The van der Waals surface area contributed by atoms with Gasteiger partial charge in [-0.3, -0.25) is 0 Å². The number of aryl methyl sites for hydroxylation is 1. The molecule has 0 N–H and O–H groups in total. The molecule has 0 spiro atoms. The van der Waals surface area contributed by atoms with E-state index in [1.807, 2.05) is 19.1 Å². The normalized spacial score (nSPS) is 7.73. The Bertz CT molecular complexity index is 262. The van der Waals surface area contributed by atoms with Crippen LogP contribution < -0.4 is 0 Å². The predicted molar refractivity (Wildman–Crippen MR) is 49.3 cm³/mol. The first-order valence-electron chi connectivity index (χ1n) is 2.97. The zero-order chi connectivity index (χ0) is 7.40. The van der Waals surface area contributed by atoms with Crippen molar-refractivity contribution in [1.29, 1.82) is 0 Å². The molecule has 2 nitrogen and oxygen atoms in total. The number of nitrogens with zero attached hydrogens (tertiary/aromatic N) is 1. The van der Waals surface area contributed by atoms with Gasteiger partial charge in [0.15, 0.2) is 0 Å². The van der Waals surface area contributed by atoms with Gasteiger partial charge in [-0.25, -0.2) is 4.79 Å². The first-order chi connectivity index (χ1) is 4.83. The number of hydrogen-bond donors (Lipinski definition) is 0. The van der Waals surface area contributed by atoms with E-state index in [1.165, 1.54) is 6.08 Å². The summed E-state index contributed by atoms with van der Waals surface area (Å²) in [5, 5.41) is 0. The zero-order valence-corrected chi connectivity index (χ0v) is 7.16. The maximum atomic E-state index is 9.77. The molecular weight excluding hydrogens is 158 g/mol. The van der Waals surface area contributed by atoms with Crippen molar-refractivity contribution >= 4 is 25.3 Å². The summed E-state index contributed by atoms with van der Waals surface area (Å²) in [5.74, 6) is 0. The number of carbonyl (C=O) groups excluding carboxylic acids is 1. The van der Waals surface area contributed by atoms with Crippen LogP contribution in [0.2, 0.25) is 0 Å². The van der Waals surface area contributed by atoms with Crippen LogP contribution in [0.25, 0.3) is 0 Å². The third-order valence-electron chi connectivity index (χ3n) is 1.21. The van der Waals surface area contributed by atoms with Crippen LogP contribution in [0.1, 0.15) is 5.56 Å². The second-order valence-corrected chi connectivity index (χ2v) is 2.04. The molecule has 0 aliphatic heterocycles. The summed E-state index contributed by atoms with van der Waals surface area (Å²) in [7, 11) is 0. The van der Waals surface area contributed by atoms with Crippen LogP contribution in [-0.4, -0.2) is 6.08 Å². The second-order valence-electron chi connectivity index (χ2n) is 2.04. The maximum Gasteiger partial charge on any atom is 0.240 e. The zero-order valence-electron chi connectivity index (χ0n) is 6.16. The summed E-state index contributed by atoms with van der Waals surface area (Å²) in [6, 6.07) is 7.35. The molecule has 0 fully saturated rings. The van der Waals surface area contributed by atoms with Gasteiger partial charge in [-0.1, -0.05) is 17.7 Å².